The van der Waals surface area contributed by atoms with Gasteiger partial charge in [0.1, 0.15) is 5.56 Å². The van der Waals surface area contributed by atoms with Gasteiger partial charge in [0, 0.05) is 12.7 Å². The number of aliphatic hydroxyl groups excluding tert-OH is 1. The van der Waals surface area contributed by atoms with Crippen molar-refractivity contribution in [1.29, 1.82) is 0 Å². The average molecular weight is 252 g/mol. The maximum Gasteiger partial charge on any atom is 0.256 e. The summed E-state index contributed by atoms with van der Waals surface area (Å²) in [5, 5.41) is 12.5. The summed E-state index contributed by atoms with van der Waals surface area (Å²) < 4.78 is 5.01. The summed E-state index contributed by atoms with van der Waals surface area (Å²) in [4.78, 5) is 15.9. The molecular weight excluding hydrogens is 232 g/mol. The molecule has 0 aliphatic heterocycles. The Bertz CT molecular complexity index is 413. The molecule has 0 aliphatic carbocycles. The molecule has 0 radical (unpaired) electrons. The Morgan fingerprint density at radius 2 is 2.22 bits per heavy atom. The number of rotatable bonds is 4. The predicted molar refractivity (Wildman–Crippen MR) is 68.6 cm³/mol. The molecule has 0 aromatic carbocycles. The summed E-state index contributed by atoms with van der Waals surface area (Å²) in [5.41, 5.74) is 0.0906. The Hall–Kier alpha value is -1.62. The molecule has 18 heavy (non-hydrogen) atoms. The first-order valence-corrected chi connectivity index (χ1v) is 5.81. The second kappa shape index (κ2) is 5.82. The third kappa shape index (κ3) is 3.70. The quantitative estimate of drug-likeness (QED) is 0.845. The number of hydrogen-bond donors (Lipinski definition) is 2. The summed E-state index contributed by atoms with van der Waals surface area (Å²) in [6, 6.07) is 3.29. The van der Waals surface area contributed by atoms with Crippen molar-refractivity contribution >= 4 is 5.91 Å². The number of hydrogen-bond acceptors (Lipinski definition) is 4. The molecule has 0 saturated carbocycles. The minimum Gasteiger partial charge on any atom is -0.480 e. The first kappa shape index (κ1) is 14.4. The van der Waals surface area contributed by atoms with Crippen molar-refractivity contribution in [1.82, 2.24) is 10.3 Å². The van der Waals surface area contributed by atoms with Gasteiger partial charge >= 0.3 is 0 Å². The number of aliphatic hydroxyl groups is 1. The molecule has 5 heteroatoms. The van der Waals surface area contributed by atoms with Crippen LogP contribution in [0.2, 0.25) is 0 Å². The minimum absolute atomic E-state index is 0.195. The highest BCUT2D eigenvalue weighted by Crippen LogP contribution is 2.18. The minimum atomic E-state index is -0.607. The van der Waals surface area contributed by atoms with Gasteiger partial charge in [0.15, 0.2) is 0 Å². The normalized spacial score (nSPS) is 12.9. The van der Waals surface area contributed by atoms with Crippen molar-refractivity contribution in [2.24, 2.45) is 5.41 Å². The predicted octanol–water partition coefficient (Wildman–Crippen LogP) is 1.23. The molecule has 0 bridgehead atoms. The third-order valence-corrected chi connectivity index (χ3v) is 2.66. The van der Waals surface area contributed by atoms with E-state index in [9.17, 15) is 9.90 Å². The Balaban J connectivity index is 2.66. The highest BCUT2D eigenvalue weighted by Gasteiger charge is 2.23. The van der Waals surface area contributed by atoms with E-state index >= 15 is 0 Å². The van der Waals surface area contributed by atoms with Crippen molar-refractivity contribution in [2.45, 2.75) is 26.9 Å². The summed E-state index contributed by atoms with van der Waals surface area (Å²) >= 11 is 0. The molecule has 5 nitrogen and oxygen atoms in total. The fraction of sp³-hybridized carbons (Fsp3) is 0.538. The van der Waals surface area contributed by atoms with Gasteiger partial charge < -0.3 is 15.2 Å². The Morgan fingerprint density at radius 3 is 2.78 bits per heavy atom. The lowest BCUT2D eigenvalue weighted by molar-refractivity contribution is 0.0586. The van der Waals surface area contributed by atoms with Gasteiger partial charge in [-0.1, -0.05) is 20.8 Å². The molecule has 1 amide bonds. The smallest absolute Gasteiger partial charge is 0.256 e. The molecule has 1 heterocycles. The Morgan fingerprint density at radius 1 is 1.56 bits per heavy atom. The average Bonchev–Trinajstić information content (AvgIpc) is 2.34. The second-order valence-electron chi connectivity index (χ2n) is 5.15. The number of ether oxygens (including phenoxy) is 1. The number of amides is 1. The van der Waals surface area contributed by atoms with E-state index in [1.807, 2.05) is 20.8 Å². The van der Waals surface area contributed by atoms with Gasteiger partial charge in [-0.05, 0) is 17.5 Å². The van der Waals surface area contributed by atoms with Gasteiger partial charge in [-0.15, -0.1) is 0 Å². The lowest BCUT2D eigenvalue weighted by atomic mass is 9.89. The van der Waals surface area contributed by atoms with Gasteiger partial charge in [-0.25, -0.2) is 4.98 Å². The summed E-state index contributed by atoms with van der Waals surface area (Å²) in [6.45, 7) is 5.93. The molecule has 0 saturated heterocycles. The maximum atomic E-state index is 11.9. The van der Waals surface area contributed by atoms with Crippen LogP contribution in [-0.4, -0.2) is 35.8 Å². The number of carbonyl (C=O) groups is 1. The van der Waals surface area contributed by atoms with Crippen LogP contribution in [0.5, 0.6) is 5.88 Å². The largest absolute Gasteiger partial charge is 0.480 e. The van der Waals surface area contributed by atoms with Crippen LogP contribution in [0.4, 0.5) is 0 Å². The van der Waals surface area contributed by atoms with Crippen molar-refractivity contribution in [2.75, 3.05) is 13.7 Å². The number of carbonyl (C=O) groups excluding carboxylic acids is 1. The standard InChI is InChI=1S/C13H20N2O3/c1-13(2,3)10(16)8-15-11(17)9-6-5-7-14-12(9)18-4/h5-7,10,16H,8H2,1-4H3,(H,15,17). The van der Waals surface area contributed by atoms with Crippen LogP contribution in [0, 0.1) is 5.41 Å². The number of nitrogens with zero attached hydrogens (tertiary/aromatic N) is 1. The van der Waals surface area contributed by atoms with Gasteiger partial charge in [-0.3, -0.25) is 4.79 Å². The van der Waals surface area contributed by atoms with Gasteiger partial charge in [-0.2, -0.15) is 0 Å². The second-order valence-corrected chi connectivity index (χ2v) is 5.15. The van der Waals surface area contributed by atoms with E-state index in [-0.39, 0.29) is 23.7 Å². The van der Waals surface area contributed by atoms with E-state index in [1.54, 1.807) is 18.3 Å². The van der Waals surface area contributed by atoms with Gasteiger partial charge in [0.05, 0.1) is 13.2 Å². The van der Waals surface area contributed by atoms with E-state index in [2.05, 4.69) is 10.3 Å². The number of methoxy groups -OCH3 is 1. The monoisotopic (exact) mass is 252 g/mol. The maximum absolute atomic E-state index is 11.9. The SMILES string of the molecule is COc1ncccc1C(=O)NCC(O)C(C)(C)C. The zero-order chi connectivity index (χ0) is 13.8. The summed E-state index contributed by atoms with van der Waals surface area (Å²) in [7, 11) is 1.46. The van der Waals surface area contributed by atoms with E-state index in [1.165, 1.54) is 7.11 Å². The lowest BCUT2D eigenvalue weighted by Gasteiger charge is -2.25. The highest BCUT2D eigenvalue weighted by atomic mass is 16.5. The molecule has 0 fully saturated rings. The molecule has 1 unspecified atom stereocenters. The first-order chi connectivity index (χ1) is 8.36. The molecule has 1 aromatic heterocycles. The molecule has 1 aromatic rings. The topological polar surface area (TPSA) is 71.5 Å². The molecule has 1 atom stereocenters. The van der Waals surface area contributed by atoms with Gasteiger partial charge in [0.2, 0.25) is 5.88 Å². The van der Waals surface area contributed by atoms with E-state index < -0.39 is 6.10 Å². The summed E-state index contributed by atoms with van der Waals surface area (Å²) in [6.07, 6.45) is 0.948. The van der Waals surface area contributed by atoms with Crippen LogP contribution in [0.15, 0.2) is 18.3 Å². The van der Waals surface area contributed by atoms with E-state index in [4.69, 9.17) is 4.74 Å². The van der Waals surface area contributed by atoms with Crippen LogP contribution in [-0.2, 0) is 0 Å². The fourth-order valence-electron chi connectivity index (χ4n) is 1.32. The zero-order valence-corrected chi connectivity index (χ0v) is 11.2. The van der Waals surface area contributed by atoms with Crippen LogP contribution < -0.4 is 10.1 Å². The van der Waals surface area contributed by atoms with Crippen molar-refractivity contribution in [3.05, 3.63) is 23.9 Å². The van der Waals surface area contributed by atoms with Crippen molar-refractivity contribution in [3.8, 4) is 5.88 Å². The molecule has 0 spiro atoms. The number of pyridine rings is 1. The fourth-order valence-corrected chi connectivity index (χ4v) is 1.32. The van der Waals surface area contributed by atoms with Crippen LogP contribution >= 0.6 is 0 Å². The first-order valence-electron chi connectivity index (χ1n) is 5.81. The van der Waals surface area contributed by atoms with Gasteiger partial charge in [0.25, 0.3) is 5.91 Å². The number of aromatic nitrogens is 1. The lowest BCUT2D eigenvalue weighted by Crippen LogP contribution is -2.39. The van der Waals surface area contributed by atoms with Crippen LogP contribution in [0.25, 0.3) is 0 Å². The van der Waals surface area contributed by atoms with Crippen LogP contribution in [0.1, 0.15) is 31.1 Å². The Labute approximate surface area is 107 Å². The molecule has 0 aliphatic rings. The molecule has 1 rings (SSSR count). The zero-order valence-electron chi connectivity index (χ0n) is 11.2. The Kier molecular flexibility index (Phi) is 4.67. The van der Waals surface area contributed by atoms with Crippen molar-refractivity contribution in [3.63, 3.8) is 0 Å². The third-order valence-electron chi connectivity index (χ3n) is 2.66. The highest BCUT2D eigenvalue weighted by molar-refractivity contribution is 5.96. The van der Waals surface area contributed by atoms with Crippen molar-refractivity contribution < 1.29 is 14.6 Å². The molecule has 100 valence electrons. The van der Waals surface area contributed by atoms with Crippen LogP contribution in [0.3, 0.4) is 0 Å². The number of nitrogens with one attached hydrogen (secondary N) is 1. The summed E-state index contributed by atoms with van der Waals surface area (Å²) in [5.74, 6) is -0.0245. The van der Waals surface area contributed by atoms with E-state index in [0.29, 0.717) is 5.56 Å². The molecule has 2 N–H and O–H groups in total. The molecular formula is C13H20N2O3. The van der Waals surface area contributed by atoms with E-state index in [0.717, 1.165) is 0 Å².